The first-order chi connectivity index (χ1) is 17.0. The summed E-state index contributed by atoms with van der Waals surface area (Å²) in [6.45, 7) is 7.10. The molecule has 0 amide bonds. The number of nitrogens with zero attached hydrogens (tertiary/aromatic N) is 8. The monoisotopic (exact) mass is 588 g/mol. The second-order valence-corrected chi connectivity index (χ2v) is 10.3. The summed E-state index contributed by atoms with van der Waals surface area (Å²) in [5.74, 6) is 1.67. The Hall–Kier alpha value is -2.51. The van der Waals surface area contributed by atoms with Gasteiger partial charge in [-0.05, 0) is 73.9 Å². The minimum atomic E-state index is -0.0866. The van der Waals surface area contributed by atoms with E-state index in [9.17, 15) is 0 Å². The molecule has 0 radical (unpaired) electrons. The SMILES string of the molecule is Cc1cc(-c2nc(I)c3c(-c4ccnn4C)cc(N4CCOC[C@H]4C)nn23)n(C2CCCCO2)n1. The van der Waals surface area contributed by atoms with Crippen LogP contribution in [-0.2, 0) is 16.5 Å². The van der Waals surface area contributed by atoms with E-state index < -0.39 is 0 Å². The summed E-state index contributed by atoms with van der Waals surface area (Å²) in [6.07, 6.45) is 4.90. The van der Waals surface area contributed by atoms with Crippen molar-refractivity contribution in [2.75, 3.05) is 31.3 Å². The molecule has 4 aromatic heterocycles. The Morgan fingerprint density at radius 3 is 2.74 bits per heavy atom. The topological polar surface area (TPSA) is 87.5 Å². The van der Waals surface area contributed by atoms with E-state index in [-0.39, 0.29) is 12.3 Å². The number of ether oxygens (including phenoxy) is 2. The van der Waals surface area contributed by atoms with Gasteiger partial charge in [-0.1, -0.05) is 0 Å². The molecule has 4 aromatic rings. The molecule has 2 saturated heterocycles. The van der Waals surface area contributed by atoms with Crippen molar-refractivity contribution in [2.45, 2.75) is 45.4 Å². The average molecular weight is 588 g/mol. The van der Waals surface area contributed by atoms with Gasteiger partial charge in [0.15, 0.2) is 17.9 Å². The lowest BCUT2D eigenvalue weighted by atomic mass is 10.1. The fourth-order valence-corrected chi connectivity index (χ4v) is 5.81. The molecule has 2 aliphatic heterocycles. The van der Waals surface area contributed by atoms with E-state index in [1.54, 1.807) is 0 Å². The number of aryl methyl sites for hydroxylation is 2. The summed E-state index contributed by atoms with van der Waals surface area (Å²) in [7, 11) is 1.96. The number of rotatable bonds is 4. The highest BCUT2D eigenvalue weighted by molar-refractivity contribution is 14.1. The lowest BCUT2D eigenvalue weighted by Crippen LogP contribution is -2.44. The Balaban J connectivity index is 1.59. The van der Waals surface area contributed by atoms with Crippen LogP contribution in [0.4, 0.5) is 5.82 Å². The molecule has 0 N–H and O–H groups in total. The van der Waals surface area contributed by atoms with Crippen molar-refractivity contribution in [3.63, 3.8) is 0 Å². The Morgan fingerprint density at radius 1 is 1.11 bits per heavy atom. The van der Waals surface area contributed by atoms with E-state index in [1.807, 2.05) is 40.1 Å². The van der Waals surface area contributed by atoms with Crippen LogP contribution in [0.15, 0.2) is 24.4 Å². The minimum Gasteiger partial charge on any atom is -0.377 e. The fraction of sp³-hybridized carbons (Fsp3) is 0.500. The first kappa shape index (κ1) is 22.9. The van der Waals surface area contributed by atoms with Crippen molar-refractivity contribution in [2.24, 2.45) is 7.05 Å². The van der Waals surface area contributed by atoms with Crippen molar-refractivity contribution in [3.8, 4) is 22.8 Å². The number of hydrogen-bond donors (Lipinski definition) is 0. The van der Waals surface area contributed by atoms with Crippen LogP contribution in [-0.4, -0.2) is 66.6 Å². The maximum Gasteiger partial charge on any atom is 0.181 e. The highest BCUT2D eigenvalue weighted by Gasteiger charge is 2.28. The molecule has 11 heteroatoms. The van der Waals surface area contributed by atoms with Crippen molar-refractivity contribution in [1.82, 2.24) is 34.2 Å². The van der Waals surface area contributed by atoms with Gasteiger partial charge in [0.25, 0.3) is 0 Å². The highest BCUT2D eigenvalue weighted by Crippen LogP contribution is 2.36. The lowest BCUT2D eigenvalue weighted by Gasteiger charge is -2.34. The van der Waals surface area contributed by atoms with Crippen LogP contribution in [0, 0.1) is 10.6 Å². The van der Waals surface area contributed by atoms with Crippen LogP contribution in [0.5, 0.6) is 0 Å². The summed E-state index contributed by atoms with van der Waals surface area (Å²) in [5, 5.41) is 14.4. The van der Waals surface area contributed by atoms with E-state index in [0.717, 1.165) is 75.9 Å². The van der Waals surface area contributed by atoms with Crippen LogP contribution in [0.3, 0.4) is 0 Å². The number of fused-ring (bicyclic) bond motifs is 1. The normalized spacial score (nSPS) is 21.2. The standard InChI is InChI=1S/C24H29IN8O2/c1-15-12-19(32(28-15)21-6-4-5-10-35-21)24-27-23(25)22-17(18-7-8-26-30(18)3)13-20(29-33(22)24)31-9-11-34-14-16(31)2/h7-8,12-13,16,21H,4-6,9-11,14H2,1-3H3/t16-,21?/m1/s1. The van der Waals surface area contributed by atoms with E-state index in [4.69, 9.17) is 24.7 Å². The molecule has 10 nitrogen and oxygen atoms in total. The van der Waals surface area contributed by atoms with E-state index in [2.05, 4.69) is 51.6 Å². The molecule has 2 atom stereocenters. The molecule has 0 saturated carbocycles. The molecule has 184 valence electrons. The van der Waals surface area contributed by atoms with Crippen LogP contribution >= 0.6 is 22.6 Å². The molecular weight excluding hydrogens is 559 g/mol. The Morgan fingerprint density at radius 2 is 2.00 bits per heavy atom. The summed E-state index contributed by atoms with van der Waals surface area (Å²) >= 11 is 2.32. The number of anilines is 1. The lowest BCUT2D eigenvalue weighted by molar-refractivity contribution is -0.0386. The van der Waals surface area contributed by atoms with Crippen LogP contribution in [0.2, 0.25) is 0 Å². The molecule has 0 aliphatic carbocycles. The number of imidazole rings is 1. The molecule has 0 aromatic carbocycles. The predicted molar refractivity (Wildman–Crippen MR) is 140 cm³/mol. The van der Waals surface area contributed by atoms with E-state index in [1.165, 1.54) is 0 Å². The smallest absolute Gasteiger partial charge is 0.181 e. The summed E-state index contributed by atoms with van der Waals surface area (Å²) in [6, 6.07) is 6.50. The minimum absolute atomic E-state index is 0.0866. The summed E-state index contributed by atoms with van der Waals surface area (Å²) in [5.41, 5.74) is 4.88. The zero-order chi connectivity index (χ0) is 24.1. The quantitative estimate of drug-likeness (QED) is 0.335. The first-order valence-corrected chi connectivity index (χ1v) is 13.2. The van der Waals surface area contributed by atoms with Gasteiger partial charge in [-0.3, -0.25) is 4.68 Å². The Bertz CT molecular complexity index is 1370. The largest absolute Gasteiger partial charge is 0.377 e. The van der Waals surface area contributed by atoms with Crippen LogP contribution < -0.4 is 4.90 Å². The van der Waals surface area contributed by atoms with Gasteiger partial charge in [0.2, 0.25) is 0 Å². The van der Waals surface area contributed by atoms with Crippen molar-refractivity contribution in [1.29, 1.82) is 0 Å². The number of hydrogen-bond acceptors (Lipinski definition) is 7. The molecular formula is C24H29IN8O2. The maximum absolute atomic E-state index is 6.10. The maximum atomic E-state index is 6.10. The van der Waals surface area contributed by atoms with Crippen LogP contribution in [0.25, 0.3) is 28.3 Å². The fourth-order valence-electron chi connectivity index (χ4n) is 5.06. The van der Waals surface area contributed by atoms with Gasteiger partial charge in [-0.2, -0.15) is 10.2 Å². The van der Waals surface area contributed by atoms with Crippen molar-refractivity contribution < 1.29 is 9.47 Å². The van der Waals surface area contributed by atoms with Gasteiger partial charge in [0.1, 0.15) is 14.9 Å². The zero-order valence-corrected chi connectivity index (χ0v) is 22.3. The third-order valence-corrected chi connectivity index (χ3v) is 7.57. The summed E-state index contributed by atoms with van der Waals surface area (Å²) in [4.78, 5) is 7.34. The molecule has 2 fully saturated rings. The Kier molecular flexibility index (Phi) is 6.01. The second-order valence-electron chi connectivity index (χ2n) is 9.30. The van der Waals surface area contributed by atoms with Gasteiger partial charge < -0.3 is 14.4 Å². The van der Waals surface area contributed by atoms with E-state index >= 15 is 0 Å². The molecule has 0 spiro atoms. The molecule has 1 unspecified atom stereocenters. The van der Waals surface area contributed by atoms with E-state index in [0.29, 0.717) is 13.2 Å². The number of halogens is 1. The average Bonchev–Trinajstić information content (AvgIpc) is 3.56. The Labute approximate surface area is 217 Å². The van der Waals surface area contributed by atoms with Gasteiger partial charge >= 0.3 is 0 Å². The molecule has 6 rings (SSSR count). The zero-order valence-electron chi connectivity index (χ0n) is 20.2. The second kappa shape index (κ2) is 9.17. The molecule has 35 heavy (non-hydrogen) atoms. The van der Waals surface area contributed by atoms with Gasteiger partial charge in [-0.25, -0.2) is 14.2 Å². The van der Waals surface area contributed by atoms with Gasteiger partial charge in [0, 0.05) is 32.0 Å². The molecule has 0 bridgehead atoms. The predicted octanol–water partition coefficient (Wildman–Crippen LogP) is 3.83. The van der Waals surface area contributed by atoms with Crippen LogP contribution in [0.1, 0.15) is 38.1 Å². The van der Waals surface area contributed by atoms with Crippen molar-refractivity contribution in [3.05, 3.63) is 33.8 Å². The third-order valence-electron chi connectivity index (χ3n) is 6.82. The van der Waals surface area contributed by atoms with Gasteiger partial charge in [0.05, 0.1) is 30.6 Å². The molecule has 6 heterocycles. The summed E-state index contributed by atoms with van der Waals surface area (Å²) < 4.78 is 18.6. The number of aromatic nitrogens is 7. The highest BCUT2D eigenvalue weighted by atomic mass is 127. The van der Waals surface area contributed by atoms with Gasteiger partial charge in [-0.15, -0.1) is 5.10 Å². The third kappa shape index (κ3) is 4.02. The first-order valence-electron chi connectivity index (χ1n) is 12.1. The van der Waals surface area contributed by atoms with Crippen molar-refractivity contribution >= 4 is 33.9 Å². The molecule has 2 aliphatic rings. The number of morpholine rings is 1.